The van der Waals surface area contributed by atoms with Crippen molar-refractivity contribution in [3.8, 4) is 5.75 Å². The molecule has 0 saturated heterocycles. The SMILES string of the molecule is CN(C)C(CCOc1ccccc1C(F)(F)F)c1ccccc1. The quantitative estimate of drug-likeness (QED) is 0.759. The molecule has 0 aliphatic rings. The van der Waals surface area contributed by atoms with Crippen molar-refractivity contribution in [1.29, 1.82) is 0 Å². The second-order valence-corrected chi connectivity index (χ2v) is 5.52. The van der Waals surface area contributed by atoms with Crippen LogP contribution >= 0.6 is 0 Å². The van der Waals surface area contributed by atoms with Gasteiger partial charge in [-0.3, -0.25) is 0 Å². The molecule has 0 amide bonds. The Labute approximate surface area is 134 Å². The van der Waals surface area contributed by atoms with Gasteiger partial charge in [0.1, 0.15) is 5.75 Å². The molecule has 0 aromatic heterocycles. The van der Waals surface area contributed by atoms with Crippen molar-refractivity contribution in [2.45, 2.75) is 18.6 Å². The van der Waals surface area contributed by atoms with Crippen molar-refractivity contribution in [1.82, 2.24) is 4.90 Å². The minimum Gasteiger partial charge on any atom is -0.493 e. The van der Waals surface area contributed by atoms with Gasteiger partial charge in [-0.1, -0.05) is 42.5 Å². The Balaban J connectivity index is 2.04. The van der Waals surface area contributed by atoms with Gasteiger partial charge in [-0.15, -0.1) is 0 Å². The molecule has 0 aliphatic carbocycles. The average molecular weight is 323 g/mol. The summed E-state index contributed by atoms with van der Waals surface area (Å²) in [6, 6.07) is 15.3. The molecule has 1 unspecified atom stereocenters. The predicted octanol–water partition coefficient (Wildman–Crippen LogP) is 4.78. The summed E-state index contributed by atoms with van der Waals surface area (Å²) in [7, 11) is 3.89. The fraction of sp³-hybridized carbons (Fsp3) is 0.333. The van der Waals surface area contributed by atoms with E-state index in [4.69, 9.17) is 4.74 Å². The molecule has 23 heavy (non-hydrogen) atoms. The molecule has 5 heteroatoms. The summed E-state index contributed by atoms with van der Waals surface area (Å²) in [6.07, 6.45) is -3.81. The van der Waals surface area contributed by atoms with Crippen LogP contribution in [0.15, 0.2) is 54.6 Å². The Morgan fingerprint density at radius 2 is 1.57 bits per heavy atom. The summed E-state index contributed by atoms with van der Waals surface area (Å²) in [5.41, 5.74) is 0.381. The lowest BCUT2D eigenvalue weighted by Gasteiger charge is -2.25. The molecule has 0 spiro atoms. The van der Waals surface area contributed by atoms with E-state index in [9.17, 15) is 13.2 Å². The summed E-state index contributed by atoms with van der Waals surface area (Å²) >= 11 is 0. The molecule has 0 radical (unpaired) electrons. The number of hydrogen-bond donors (Lipinski definition) is 0. The monoisotopic (exact) mass is 323 g/mol. The van der Waals surface area contributed by atoms with Crippen molar-refractivity contribution in [3.63, 3.8) is 0 Å². The molecular formula is C18H20F3NO. The number of alkyl halides is 3. The van der Waals surface area contributed by atoms with Crippen LogP contribution in [0, 0.1) is 0 Å². The summed E-state index contributed by atoms with van der Waals surface area (Å²) in [5.74, 6) is -0.120. The largest absolute Gasteiger partial charge is 0.493 e. The Morgan fingerprint density at radius 1 is 0.957 bits per heavy atom. The van der Waals surface area contributed by atoms with Gasteiger partial charge in [0, 0.05) is 12.5 Å². The lowest BCUT2D eigenvalue weighted by molar-refractivity contribution is -0.139. The normalized spacial score (nSPS) is 13.1. The van der Waals surface area contributed by atoms with Gasteiger partial charge < -0.3 is 9.64 Å². The third-order valence-corrected chi connectivity index (χ3v) is 3.65. The van der Waals surface area contributed by atoms with E-state index in [1.165, 1.54) is 12.1 Å². The summed E-state index contributed by atoms with van der Waals surface area (Å²) in [4.78, 5) is 2.04. The fourth-order valence-corrected chi connectivity index (χ4v) is 2.51. The van der Waals surface area contributed by atoms with Gasteiger partial charge in [0.05, 0.1) is 12.2 Å². The second kappa shape index (κ2) is 7.51. The first-order valence-electron chi connectivity index (χ1n) is 7.40. The molecule has 124 valence electrons. The van der Waals surface area contributed by atoms with Gasteiger partial charge in [-0.05, 0) is 31.8 Å². The molecule has 2 aromatic rings. The van der Waals surface area contributed by atoms with Crippen LogP contribution in [-0.4, -0.2) is 25.6 Å². The van der Waals surface area contributed by atoms with E-state index in [0.717, 1.165) is 11.6 Å². The van der Waals surface area contributed by atoms with Crippen molar-refractivity contribution >= 4 is 0 Å². The second-order valence-electron chi connectivity index (χ2n) is 5.52. The summed E-state index contributed by atoms with van der Waals surface area (Å²) in [5, 5.41) is 0. The molecule has 2 nitrogen and oxygen atoms in total. The van der Waals surface area contributed by atoms with E-state index in [1.54, 1.807) is 6.07 Å². The maximum atomic E-state index is 12.9. The van der Waals surface area contributed by atoms with Crippen LogP contribution in [0.5, 0.6) is 5.75 Å². The molecule has 1 atom stereocenters. The standard InChI is InChI=1S/C18H20F3NO/c1-22(2)16(14-8-4-3-5-9-14)12-13-23-17-11-7-6-10-15(17)18(19,20)21/h3-11,16H,12-13H2,1-2H3. The van der Waals surface area contributed by atoms with Crippen LogP contribution in [-0.2, 0) is 6.18 Å². The highest BCUT2D eigenvalue weighted by Crippen LogP contribution is 2.36. The first-order chi connectivity index (χ1) is 10.9. The first-order valence-corrected chi connectivity index (χ1v) is 7.40. The highest BCUT2D eigenvalue weighted by atomic mass is 19.4. The van der Waals surface area contributed by atoms with Gasteiger partial charge in [0.25, 0.3) is 0 Å². The molecule has 0 fully saturated rings. The molecule has 0 aliphatic heterocycles. The van der Waals surface area contributed by atoms with Gasteiger partial charge in [0.2, 0.25) is 0 Å². The molecule has 0 bridgehead atoms. The van der Waals surface area contributed by atoms with Gasteiger partial charge in [-0.2, -0.15) is 13.2 Å². The number of para-hydroxylation sites is 1. The average Bonchev–Trinajstić information content (AvgIpc) is 2.51. The van der Waals surface area contributed by atoms with Gasteiger partial charge in [-0.25, -0.2) is 0 Å². The first kappa shape index (κ1) is 17.3. The van der Waals surface area contributed by atoms with Crippen LogP contribution in [0.2, 0.25) is 0 Å². The predicted molar refractivity (Wildman–Crippen MR) is 84.4 cm³/mol. The molecule has 0 N–H and O–H groups in total. The lowest BCUT2D eigenvalue weighted by Crippen LogP contribution is -2.22. The Hall–Kier alpha value is -2.01. The van der Waals surface area contributed by atoms with Crippen molar-refractivity contribution < 1.29 is 17.9 Å². The van der Waals surface area contributed by atoms with Crippen LogP contribution in [0.1, 0.15) is 23.6 Å². The molecule has 0 heterocycles. The maximum Gasteiger partial charge on any atom is 0.419 e. The van der Waals surface area contributed by atoms with Crippen LogP contribution in [0.3, 0.4) is 0 Å². The zero-order valence-corrected chi connectivity index (χ0v) is 13.2. The van der Waals surface area contributed by atoms with Crippen molar-refractivity contribution in [2.75, 3.05) is 20.7 Å². The molecule has 0 saturated carbocycles. The number of benzene rings is 2. The number of halogens is 3. The van der Waals surface area contributed by atoms with Crippen LogP contribution < -0.4 is 4.74 Å². The topological polar surface area (TPSA) is 12.5 Å². The highest BCUT2D eigenvalue weighted by Gasteiger charge is 2.34. The highest BCUT2D eigenvalue weighted by molar-refractivity contribution is 5.35. The third kappa shape index (κ3) is 4.73. The Bertz CT molecular complexity index is 611. The smallest absolute Gasteiger partial charge is 0.419 e. The van der Waals surface area contributed by atoms with Gasteiger partial charge in [0.15, 0.2) is 0 Å². The lowest BCUT2D eigenvalue weighted by atomic mass is 10.0. The van der Waals surface area contributed by atoms with Crippen molar-refractivity contribution in [3.05, 3.63) is 65.7 Å². The van der Waals surface area contributed by atoms with Crippen molar-refractivity contribution in [2.24, 2.45) is 0 Å². The molecule has 2 aromatic carbocycles. The van der Waals surface area contributed by atoms with E-state index in [2.05, 4.69) is 0 Å². The Morgan fingerprint density at radius 3 is 2.17 bits per heavy atom. The Kier molecular flexibility index (Phi) is 5.66. The van der Waals surface area contributed by atoms with Gasteiger partial charge >= 0.3 is 6.18 Å². The summed E-state index contributed by atoms with van der Waals surface area (Å²) < 4.78 is 44.2. The van der Waals surface area contributed by atoms with E-state index in [0.29, 0.717) is 6.42 Å². The number of rotatable bonds is 6. The number of ether oxygens (including phenoxy) is 1. The number of nitrogens with zero attached hydrogens (tertiary/aromatic N) is 1. The van der Waals surface area contributed by atoms with E-state index >= 15 is 0 Å². The third-order valence-electron chi connectivity index (χ3n) is 3.65. The summed E-state index contributed by atoms with van der Waals surface area (Å²) in [6.45, 7) is 0.213. The molecule has 2 rings (SSSR count). The van der Waals surface area contributed by atoms with E-state index in [-0.39, 0.29) is 18.4 Å². The number of hydrogen-bond acceptors (Lipinski definition) is 2. The van der Waals surface area contributed by atoms with E-state index < -0.39 is 11.7 Å². The fourth-order valence-electron chi connectivity index (χ4n) is 2.51. The van der Waals surface area contributed by atoms with Crippen LogP contribution in [0.4, 0.5) is 13.2 Å². The van der Waals surface area contributed by atoms with Crippen LogP contribution in [0.25, 0.3) is 0 Å². The minimum atomic E-state index is -4.41. The minimum absolute atomic E-state index is 0.0919. The zero-order chi connectivity index (χ0) is 16.9. The zero-order valence-electron chi connectivity index (χ0n) is 13.2. The maximum absolute atomic E-state index is 12.9. The molecular weight excluding hydrogens is 303 g/mol. The van der Waals surface area contributed by atoms with E-state index in [1.807, 2.05) is 49.3 Å².